The van der Waals surface area contributed by atoms with E-state index in [1.807, 2.05) is 6.07 Å². The summed E-state index contributed by atoms with van der Waals surface area (Å²) in [7, 11) is 0. The van der Waals surface area contributed by atoms with Gasteiger partial charge in [-0.3, -0.25) is 0 Å². The summed E-state index contributed by atoms with van der Waals surface area (Å²) < 4.78 is 1.56. The number of nitriles is 1. The molecule has 108 valence electrons. The van der Waals surface area contributed by atoms with Crippen molar-refractivity contribution in [2.24, 2.45) is 0 Å². The summed E-state index contributed by atoms with van der Waals surface area (Å²) in [6.07, 6.45) is 1.76. The first-order chi connectivity index (χ1) is 10.6. The molecule has 7 heteroatoms. The lowest BCUT2D eigenvalue weighted by Gasteiger charge is -2.05. The molecule has 2 heterocycles. The highest BCUT2D eigenvalue weighted by Crippen LogP contribution is 2.25. The van der Waals surface area contributed by atoms with Gasteiger partial charge < -0.3 is 5.11 Å². The van der Waals surface area contributed by atoms with Gasteiger partial charge in [0.2, 0.25) is 0 Å². The molecule has 0 amide bonds. The molecular weight excluding hydrogens is 304 g/mol. The minimum absolute atomic E-state index is 0.0277. The Labute approximate surface area is 130 Å². The maximum Gasteiger partial charge on any atom is 0.337 e. The van der Waals surface area contributed by atoms with Crippen LogP contribution in [0.4, 0.5) is 0 Å². The van der Waals surface area contributed by atoms with E-state index in [0.29, 0.717) is 22.4 Å². The number of carbonyl (C=O) groups is 1. The van der Waals surface area contributed by atoms with Crippen LogP contribution in [-0.2, 0) is 6.42 Å². The number of nitrogens with zero attached hydrogens (tertiary/aromatic N) is 4. The topological polar surface area (TPSA) is 91.8 Å². The number of hydrogen-bond acceptors (Lipinski definition) is 4. The zero-order valence-corrected chi connectivity index (χ0v) is 11.9. The molecule has 1 N–H and O–H groups in total. The molecule has 0 aliphatic heterocycles. The normalized spacial score (nSPS) is 10.5. The molecule has 0 saturated heterocycles. The van der Waals surface area contributed by atoms with Crippen molar-refractivity contribution >= 4 is 28.5 Å². The number of pyridine rings is 1. The van der Waals surface area contributed by atoms with Crippen LogP contribution < -0.4 is 0 Å². The first-order valence-corrected chi connectivity index (χ1v) is 6.72. The molecule has 0 bridgehead atoms. The Bertz CT molecular complexity index is 927. The summed E-state index contributed by atoms with van der Waals surface area (Å²) in [5.74, 6) is -0.546. The van der Waals surface area contributed by atoms with Gasteiger partial charge in [0.05, 0.1) is 40.5 Å². The lowest BCUT2D eigenvalue weighted by molar-refractivity contribution is 0.0697. The Kier molecular flexibility index (Phi) is 3.49. The van der Waals surface area contributed by atoms with Crippen LogP contribution in [0.15, 0.2) is 36.5 Å². The van der Waals surface area contributed by atoms with Gasteiger partial charge in [0.25, 0.3) is 0 Å². The standard InChI is InChI=1S/C15H9ClN4O2/c16-12-7-13-9(6-11(12)15(21)22)8-18-20(13)14-3-1-2-10(19-14)4-5-17/h1-3,6-8H,4H2,(H,21,22). The van der Waals surface area contributed by atoms with Crippen LogP contribution in [0, 0.1) is 11.3 Å². The van der Waals surface area contributed by atoms with E-state index >= 15 is 0 Å². The SMILES string of the molecule is N#CCc1cccc(-n2ncc3cc(C(=O)O)c(Cl)cc32)n1. The maximum absolute atomic E-state index is 11.1. The first-order valence-electron chi connectivity index (χ1n) is 6.34. The highest BCUT2D eigenvalue weighted by Gasteiger charge is 2.14. The number of benzene rings is 1. The zero-order valence-electron chi connectivity index (χ0n) is 11.2. The molecule has 0 atom stereocenters. The average molecular weight is 313 g/mol. The van der Waals surface area contributed by atoms with Crippen molar-refractivity contribution < 1.29 is 9.90 Å². The minimum atomic E-state index is -1.09. The number of halogens is 1. The summed E-state index contributed by atoms with van der Waals surface area (Å²) in [6, 6.07) is 10.4. The van der Waals surface area contributed by atoms with Crippen LogP contribution in [-0.4, -0.2) is 25.8 Å². The number of carboxylic acids is 1. The van der Waals surface area contributed by atoms with E-state index in [1.54, 1.807) is 35.1 Å². The zero-order chi connectivity index (χ0) is 15.7. The number of hydrogen-bond donors (Lipinski definition) is 1. The molecule has 3 aromatic rings. The molecular formula is C15H9ClN4O2. The number of aromatic carboxylic acids is 1. The number of carboxylic acid groups (broad SMARTS) is 1. The fourth-order valence-corrected chi connectivity index (χ4v) is 2.40. The Hall–Kier alpha value is -2.91. The van der Waals surface area contributed by atoms with Crippen LogP contribution in [0.2, 0.25) is 5.02 Å². The predicted octanol–water partition coefficient (Wildman–Crippen LogP) is 2.84. The van der Waals surface area contributed by atoms with E-state index < -0.39 is 5.97 Å². The van der Waals surface area contributed by atoms with E-state index in [4.69, 9.17) is 22.0 Å². The van der Waals surface area contributed by atoms with Crippen LogP contribution >= 0.6 is 11.6 Å². The van der Waals surface area contributed by atoms with Gasteiger partial charge >= 0.3 is 5.97 Å². The van der Waals surface area contributed by atoms with E-state index in [9.17, 15) is 4.79 Å². The summed E-state index contributed by atoms with van der Waals surface area (Å²) in [4.78, 5) is 15.5. The van der Waals surface area contributed by atoms with Gasteiger partial charge in [-0.25, -0.2) is 14.5 Å². The number of fused-ring (bicyclic) bond motifs is 1. The van der Waals surface area contributed by atoms with Gasteiger partial charge in [-0.2, -0.15) is 10.4 Å². The third-order valence-corrected chi connectivity index (χ3v) is 3.47. The molecule has 0 radical (unpaired) electrons. The quantitative estimate of drug-likeness (QED) is 0.802. The van der Waals surface area contributed by atoms with Gasteiger partial charge in [-0.15, -0.1) is 0 Å². The molecule has 0 aliphatic carbocycles. The average Bonchev–Trinajstić information content (AvgIpc) is 2.89. The third-order valence-electron chi connectivity index (χ3n) is 3.16. The minimum Gasteiger partial charge on any atom is -0.478 e. The van der Waals surface area contributed by atoms with Crippen molar-refractivity contribution in [1.29, 1.82) is 5.26 Å². The summed E-state index contributed by atoms with van der Waals surface area (Å²) >= 11 is 6.01. The van der Waals surface area contributed by atoms with Crippen LogP contribution in [0.1, 0.15) is 16.1 Å². The first kappa shape index (κ1) is 14.0. The van der Waals surface area contributed by atoms with Gasteiger partial charge in [-0.05, 0) is 24.3 Å². The second-order valence-corrected chi connectivity index (χ2v) is 4.98. The fraction of sp³-hybridized carbons (Fsp3) is 0.0667. The van der Waals surface area contributed by atoms with Gasteiger partial charge in [0.15, 0.2) is 5.82 Å². The van der Waals surface area contributed by atoms with Crippen molar-refractivity contribution in [3.05, 3.63) is 52.8 Å². The molecule has 3 rings (SSSR count). The van der Waals surface area contributed by atoms with Gasteiger partial charge in [0.1, 0.15) is 0 Å². The number of aromatic nitrogens is 3. The van der Waals surface area contributed by atoms with Crippen LogP contribution in [0.5, 0.6) is 0 Å². The largest absolute Gasteiger partial charge is 0.478 e. The summed E-state index contributed by atoms with van der Waals surface area (Å²) in [5, 5.41) is 22.8. The monoisotopic (exact) mass is 312 g/mol. The smallest absolute Gasteiger partial charge is 0.337 e. The Balaban J connectivity index is 2.16. The van der Waals surface area contributed by atoms with Gasteiger partial charge in [0, 0.05) is 5.39 Å². The highest BCUT2D eigenvalue weighted by atomic mass is 35.5. The van der Waals surface area contributed by atoms with E-state index in [1.165, 1.54) is 6.07 Å². The molecule has 6 nitrogen and oxygen atoms in total. The summed E-state index contributed by atoms with van der Waals surface area (Å²) in [5.41, 5.74) is 1.31. The second kappa shape index (κ2) is 5.47. The lowest BCUT2D eigenvalue weighted by Crippen LogP contribution is -2.02. The molecule has 0 spiro atoms. The Morgan fingerprint density at radius 3 is 2.95 bits per heavy atom. The van der Waals surface area contributed by atoms with Crippen molar-refractivity contribution in [3.63, 3.8) is 0 Å². The Morgan fingerprint density at radius 1 is 1.41 bits per heavy atom. The molecule has 2 aromatic heterocycles. The van der Waals surface area contributed by atoms with E-state index in [2.05, 4.69) is 10.1 Å². The molecule has 1 aromatic carbocycles. The van der Waals surface area contributed by atoms with Crippen molar-refractivity contribution in [2.45, 2.75) is 6.42 Å². The summed E-state index contributed by atoms with van der Waals surface area (Å²) in [6.45, 7) is 0. The highest BCUT2D eigenvalue weighted by molar-refractivity contribution is 6.34. The molecule has 22 heavy (non-hydrogen) atoms. The van der Waals surface area contributed by atoms with E-state index in [-0.39, 0.29) is 17.0 Å². The fourth-order valence-electron chi connectivity index (χ4n) is 2.16. The number of rotatable bonds is 3. The maximum atomic E-state index is 11.1. The van der Waals surface area contributed by atoms with E-state index in [0.717, 1.165) is 0 Å². The molecule has 0 aliphatic rings. The van der Waals surface area contributed by atoms with Gasteiger partial charge in [-0.1, -0.05) is 17.7 Å². The lowest BCUT2D eigenvalue weighted by atomic mass is 10.1. The third kappa shape index (κ3) is 2.38. The predicted molar refractivity (Wildman–Crippen MR) is 80.2 cm³/mol. The molecule has 0 unspecified atom stereocenters. The molecule has 0 fully saturated rings. The van der Waals surface area contributed by atoms with Crippen molar-refractivity contribution in [1.82, 2.24) is 14.8 Å². The van der Waals surface area contributed by atoms with Crippen molar-refractivity contribution in [2.75, 3.05) is 0 Å². The second-order valence-electron chi connectivity index (χ2n) is 4.57. The van der Waals surface area contributed by atoms with Crippen LogP contribution in [0.3, 0.4) is 0 Å². The van der Waals surface area contributed by atoms with Crippen LogP contribution in [0.25, 0.3) is 16.7 Å². The Morgan fingerprint density at radius 2 is 2.23 bits per heavy atom. The molecule has 0 saturated carbocycles. The van der Waals surface area contributed by atoms with Crippen molar-refractivity contribution in [3.8, 4) is 11.9 Å².